The summed E-state index contributed by atoms with van der Waals surface area (Å²) >= 11 is 0. The van der Waals surface area contributed by atoms with Gasteiger partial charge < -0.3 is 5.11 Å². The van der Waals surface area contributed by atoms with Gasteiger partial charge in [0.15, 0.2) is 5.78 Å². The van der Waals surface area contributed by atoms with E-state index in [1.807, 2.05) is 33.8 Å². The van der Waals surface area contributed by atoms with E-state index in [0.29, 0.717) is 12.0 Å². The van der Waals surface area contributed by atoms with Crippen molar-refractivity contribution in [3.05, 3.63) is 47.1 Å². The highest BCUT2D eigenvalue weighted by Crippen LogP contribution is 2.45. The van der Waals surface area contributed by atoms with E-state index in [9.17, 15) is 14.7 Å². The van der Waals surface area contributed by atoms with Crippen molar-refractivity contribution in [2.24, 2.45) is 11.3 Å². The molecule has 23 heavy (non-hydrogen) atoms. The molecule has 0 amide bonds. The van der Waals surface area contributed by atoms with Gasteiger partial charge in [0.25, 0.3) is 0 Å². The van der Waals surface area contributed by atoms with E-state index in [0.717, 1.165) is 11.9 Å². The lowest BCUT2D eigenvalue weighted by Gasteiger charge is -2.39. The molecule has 3 nitrogen and oxygen atoms in total. The lowest BCUT2D eigenvalue weighted by atomic mass is 9.62. The predicted octanol–water partition coefficient (Wildman–Crippen LogP) is 3.95. The zero-order valence-corrected chi connectivity index (χ0v) is 15.0. The Hall–Kier alpha value is -1.74. The normalized spacial score (nSPS) is 24.9. The minimum absolute atomic E-state index is 0.0680. The van der Waals surface area contributed by atoms with E-state index in [1.54, 1.807) is 19.9 Å². The lowest BCUT2D eigenvalue weighted by molar-refractivity contribution is -0.124. The van der Waals surface area contributed by atoms with Gasteiger partial charge in [0.2, 0.25) is 0 Å². The summed E-state index contributed by atoms with van der Waals surface area (Å²) in [6, 6.07) is 0. The van der Waals surface area contributed by atoms with Crippen LogP contribution in [0.2, 0.25) is 0 Å². The van der Waals surface area contributed by atoms with Crippen molar-refractivity contribution in [3.8, 4) is 0 Å². The van der Waals surface area contributed by atoms with Gasteiger partial charge in [0.1, 0.15) is 6.29 Å². The number of allylic oxidation sites excluding steroid dienone is 7. The molecule has 0 spiro atoms. The molecule has 0 bridgehead atoms. The van der Waals surface area contributed by atoms with Crippen LogP contribution < -0.4 is 0 Å². The average Bonchev–Trinajstić information content (AvgIpc) is 2.43. The molecule has 0 radical (unpaired) electrons. The Balaban J connectivity index is 3.31. The second kappa shape index (κ2) is 7.22. The van der Waals surface area contributed by atoms with Gasteiger partial charge in [-0.15, -0.1) is 0 Å². The molecule has 0 aromatic rings. The summed E-state index contributed by atoms with van der Waals surface area (Å²) < 4.78 is 0. The highest BCUT2D eigenvalue weighted by atomic mass is 16.3. The highest BCUT2D eigenvalue weighted by Gasteiger charge is 2.44. The first-order valence-electron chi connectivity index (χ1n) is 7.96. The Morgan fingerprint density at radius 2 is 1.96 bits per heavy atom. The van der Waals surface area contributed by atoms with Crippen LogP contribution in [-0.4, -0.2) is 22.8 Å². The van der Waals surface area contributed by atoms with Crippen molar-refractivity contribution in [1.82, 2.24) is 0 Å². The molecule has 0 heterocycles. The van der Waals surface area contributed by atoms with Crippen LogP contribution in [0.4, 0.5) is 0 Å². The van der Waals surface area contributed by atoms with Gasteiger partial charge in [-0.25, -0.2) is 0 Å². The molecular formula is C20H28O3. The molecule has 1 rings (SSSR count). The minimum atomic E-state index is -1.06. The Morgan fingerprint density at radius 1 is 1.35 bits per heavy atom. The standard InChI is InChI=1S/C20H28O3/c1-14(2)7-10-17-15(3)8-9-16(13-21)20(17,6)18(22)11-12-19(4,5)23/h7-9,11-13,17,23H,10H2,1-6H3/b12-11+. The maximum Gasteiger partial charge on any atom is 0.166 e. The SMILES string of the molecule is CC(C)=CCC1C(C)=CC=C(C=O)C1(C)C(=O)/C=C/C(C)(C)O. The summed E-state index contributed by atoms with van der Waals surface area (Å²) in [4.78, 5) is 24.4. The van der Waals surface area contributed by atoms with Crippen molar-refractivity contribution in [2.75, 3.05) is 0 Å². The topological polar surface area (TPSA) is 54.4 Å². The Kier molecular flexibility index (Phi) is 6.06. The molecule has 0 saturated heterocycles. The molecule has 126 valence electrons. The maximum absolute atomic E-state index is 12.9. The molecule has 2 unspecified atom stereocenters. The van der Waals surface area contributed by atoms with Crippen LogP contribution in [0.5, 0.6) is 0 Å². The van der Waals surface area contributed by atoms with E-state index < -0.39 is 11.0 Å². The second-order valence-corrected chi connectivity index (χ2v) is 7.27. The van der Waals surface area contributed by atoms with Gasteiger partial charge in [-0.2, -0.15) is 0 Å². The lowest BCUT2D eigenvalue weighted by Crippen LogP contribution is -2.40. The van der Waals surface area contributed by atoms with E-state index in [1.165, 1.54) is 17.7 Å². The molecule has 0 aromatic carbocycles. The van der Waals surface area contributed by atoms with Gasteiger partial charge in [-0.3, -0.25) is 9.59 Å². The Morgan fingerprint density at radius 3 is 2.43 bits per heavy atom. The molecule has 0 aromatic heterocycles. The first kappa shape index (κ1) is 19.3. The van der Waals surface area contributed by atoms with Crippen LogP contribution in [0.15, 0.2) is 47.1 Å². The molecule has 0 fully saturated rings. The fraction of sp³-hybridized carbons (Fsp3) is 0.500. The molecule has 0 aliphatic heterocycles. The minimum Gasteiger partial charge on any atom is -0.386 e. The number of rotatable bonds is 6. The smallest absolute Gasteiger partial charge is 0.166 e. The maximum atomic E-state index is 12.9. The first-order valence-corrected chi connectivity index (χ1v) is 7.96. The fourth-order valence-corrected chi connectivity index (χ4v) is 2.87. The van der Waals surface area contributed by atoms with Crippen LogP contribution in [0.25, 0.3) is 0 Å². The van der Waals surface area contributed by atoms with Gasteiger partial charge in [-0.05, 0) is 54.0 Å². The molecule has 2 atom stereocenters. The number of carbonyl (C=O) groups is 2. The van der Waals surface area contributed by atoms with Crippen molar-refractivity contribution >= 4 is 12.1 Å². The summed E-state index contributed by atoms with van der Waals surface area (Å²) in [6.07, 6.45) is 10.1. The van der Waals surface area contributed by atoms with E-state index in [-0.39, 0.29) is 11.7 Å². The predicted molar refractivity (Wildman–Crippen MR) is 94.0 cm³/mol. The molecule has 1 aliphatic carbocycles. The zero-order chi connectivity index (χ0) is 17.8. The summed E-state index contributed by atoms with van der Waals surface area (Å²) in [7, 11) is 0. The number of aliphatic hydroxyl groups is 1. The van der Waals surface area contributed by atoms with Gasteiger partial charge >= 0.3 is 0 Å². The molecule has 3 heteroatoms. The third-order valence-corrected chi connectivity index (χ3v) is 4.42. The van der Waals surface area contributed by atoms with Crippen molar-refractivity contribution < 1.29 is 14.7 Å². The second-order valence-electron chi connectivity index (χ2n) is 7.27. The van der Waals surface area contributed by atoms with Crippen molar-refractivity contribution in [2.45, 2.75) is 53.6 Å². The first-order chi connectivity index (χ1) is 10.5. The van der Waals surface area contributed by atoms with Gasteiger partial charge in [0, 0.05) is 11.5 Å². The van der Waals surface area contributed by atoms with Crippen LogP contribution in [-0.2, 0) is 9.59 Å². The molecule has 1 aliphatic rings. The van der Waals surface area contributed by atoms with Gasteiger partial charge in [-0.1, -0.05) is 35.5 Å². The third kappa shape index (κ3) is 4.61. The van der Waals surface area contributed by atoms with Crippen LogP contribution in [0, 0.1) is 11.3 Å². The number of aldehydes is 1. The summed E-state index contributed by atoms with van der Waals surface area (Å²) in [5, 5.41) is 9.82. The molecule has 0 saturated carbocycles. The number of hydrogen-bond acceptors (Lipinski definition) is 3. The Labute approximate surface area is 139 Å². The average molecular weight is 316 g/mol. The third-order valence-electron chi connectivity index (χ3n) is 4.42. The molecular weight excluding hydrogens is 288 g/mol. The zero-order valence-electron chi connectivity index (χ0n) is 15.0. The quantitative estimate of drug-likeness (QED) is 0.458. The summed E-state index contributed by atoms with van der Waals surface area (Å²) in [5.41, 5.74) is 0.781. The summed E-state index contributed by atoms with van der Waals surface area (Å²) in [5.74, 6) is -0.223. The van der Waals surface area contributed by atoms with Crippen molar-refractivity contribution in [3.63, 3.8) is 0 Å². The van der Waals surface area contributed by atoms with Crippen LogP contribution >= 0.6 is 0 Å². The number of hydrogen-bond donors (Lipinski definition) is 1. The van der Waals surface area contributed by atoms with Crippen molar-refractivity contribution in [1.29, 1.82) is 0 Å². The van der Waals surface area contributed by atoms with E-state index in [4.69, 9.17) is 0 Å². The summed E-state index contributed by atoms with van der Waals surface area (Å²) in [6.45, 7) is 11.1. The highest BCUT2D eigenvalue weighted by molar-refractivity contribution is 6.02. The van der Waals surface area contributed by atoms with E-state index in [2.05, 4.69) is 6.08 Å². The Bertz CT molecular complexity index is 593. The van der Waals surface area contributed by atoms with Gasteiger partial charge in [0.05, 0.1) is 11.0 Å². The largest absolute Gasteiger partial charge is 0.386 e. The molecule has 1 N–H and O–H groups in total. The van der Waals surface area contributed by atoms with E-state index >= 15 is 0 Å². The number of ketones is 1. The fourth-order valence-electron chi connectivity index (χ4n) is 2.87. The monoisotopic (exact) mass is 316 g/mol. The number of carbonyl (C=O) groups excluding carboxylic acids is 2. The van der Waals surface area contributed by atoms with Crippen LogP contribution in [0.3, 0.4) is 0 Å². The van der Waals surface area contributed by atoms with Crippen LogP contribution in [0.1, 0.15) is 48.0 Å².